The van der Waals surface area contributed by atoms with E-state index in [0.717, 1.165) is 5.69 Å². The van der Waals surface area contributed by atoms with Crippen LogP contribution in [0.25, 0.3) is 0 Å². The van der Waals surface area contributed by atoms with Crippen molar-refractivity contribution in [2.24, 2.45) is 10.9 Å². The summed E-state index contributed by atoms with van der Waals surface area (Å²) < 4.78 is 0. The molecule has 1 unspecified atom stereocenters. The van der Waals surface area contributed by atoms with Crippen molar-refractivity contribution >= 4 is 11.7 Å². The Morgan fingerprint density at radius 1 is 1.21 bits per heavy atom. The molecule has 4 heteroatoms. The molecule has 0 radical (unpaired) electrons. The van der Waals surface area contributed by atoms with Crippen molar-refractivity contribution in [2.45, 2.75) is 46.1 Å². The topological polar surface area (TPSA) is 54.4 Å². The maximum absolute atomic E-state index is 12.0. The number of pyridine rings is 1. The van der Waals surface area contributed by atoms with E-state index in [1.54, 1.807) is 0 Å². The minimum Gasteiger partial charge on any atom is -0.307 e. The Hall–Kier alpha value is -1.71. The number of aliphatic imine (C=N–C) groups is 1. The lowest BCUT2D eigenvalue weighted by Crippen LogP contribution is -2.41. The molecule has 1 atom stereocenters. The molecule has 102 valence electrons. The highest BCUT2D eigenvalue weighted by Gasteiger charge is 2.42. The van der Waals surface area contributed by atoms with Crippen LogP contribution in [-0.2, 0) is 4.79 Å². The van der Waals surface area contributed by atoms with E-state index in [4.69, 9.17) is 0 Å². The Morgan fingerprint density at radius 3 is 2.32 bits per heavy atom. The van der Waals surface area contributed by atoms with Crippen LogP contribution in [0.5, 0.6) is 0 Å². The number of carbonyl (C=O) groups is 1. The summed E-state index contributed by atoms with van der Waals surface area (Å²) in [7, 11) is 0. The zero-order chi connectivity index (χ0) is 14.2. The SMILES string of the molecule is CC(C)c1ccc(C2=NC(C)(C(C)C)C(=O)N2)nc1. The molecule has 0 bridgehead atoms. The lowest BCUT2D eigenvalue weighted by atomic mass is 9.89. The molecule has 4 nitrogen and oxygen atoms in total. The second-order valence-electron chi connectivity index (χ2n) is 5.85. The fourth-order valence-corrected chi connectivity index (χ4v) is 1.94. The van der Waals surface area contributed by atoms with Gasteiger partial charge in [0.05, 0.1) is 0 Å². The average Bonchev–Trinajstić information content (AvgIpc) is 2.67. The summed E-state index contributed by atoms with van der Waals surface area (Å²) in [5.41, 5.74) is 1.22. The summed E-state index contributed by atoms with van der Waals surface area (Å²) >= 11 is 0. The summed E-state index contributed by atoms with van der Waals surface area (Å²) in [5.74, 6) is 1.13. The molecule has 1 aliphatic rings. The van der Waals surface area contributed by atoms with Crippen LogP contribution in [0.1, 0.15) is 51.8 Å². The maximum atomic E-state index is 12.0. The predicted molar refractivity (Wildman–Crippen MR) is 76.2 cm³/mol. The van der Waals surface area contributed by atoms with Gasteiger partial charge in [-0.15, -0.1) is 0 Å². The van der Waals surface area contributed by atoms with Gasteiger partial charge >= 0.3 is 0 Å². The van der Waals surface area contributed by atoms with Crippen molar-refractivity contribution in [2.75, 3.05) is 0 Å². The van der Waals surface area contributed by atoms with Gasteiger partial charge in [-0.1, -0.05) is 33.8 Å². The number of carbonyl (C=O) groups excluding carboxylic acids is 1. The molecule has 1 aromatic heterocycles. The van der Waals surface area contributed by atoms with Gasteiger partial charge < -0.3 is 5.32 Å². The molecule has 19 heavy (non-hydrogen) atoms. The molecule has 0 aromatic carbocycles. The molecule has 0 aliphatic carbocycles. The first-order chi connectivity index (χ1) is 8.84. The Kier molecular flexibility index (Phi) is 3.43. The van der Waals surface area contributed by atoms with E-state index in [1.165, 1.54) is 5.56 Å². The highest BCUT2D eigenvalue weighted by molar-refractivity contribution is 6.14. The van der Waals surface area contributed by atoms with Crippen molar-refractivity contribution in [3.8, 4) is 0 Å². The molecule has 1 aliphatic heterocycles. The molecule has 0 fully saturated rings. The van der Waals surface area contributed by atoms with Crippen LogP contribution >= 0.6 is 0 Å². The summed E-state index contributed by atoms with van der Waals surface area (Å²) in [6.07, 6.45) is 1.85. The second kappa shape index (κ2) is 4.76. The number of nitrogens with one attached hydrogen (secondary N) is 1. The highest BCUT2D eigenvalue weighted by atomic mass is 16.2. The van der Waals surface area contributed by atoms with Crippen LogP contribution in [-0.4, -0.2) is 22.3 Å². The van der Waals surface area contributed by atoms with Gasteiger partial charge in [-0.2, -0.15) is 0 Å². The number of hydrogen-bond acceptors (Lipinski definition) is 3. The molecular formula is C15H21N3O. The first kappa shape index (κ1) is 13.7. The largest absolute Gasteiger partial charge is 0.307 e. The van der Waals surface area contributed by atoms with Crippen molar-refractivity contribution < 1.29 is 4.79 Å². The zero-order valence-corrected chi connectivity index (χ0v) is 12.2. The second-order valence-corrected chi connectivity index (χ2v) is 5.85. The van der Waals surface area contributed by atoms with Crippen molar-refractivity contribution in [3.05, 3.63) is 29.6 Å². The van der Waals surface area contributed by atoms with E-state index >= 15 is 0 Å². The third-order valence-corrected chi connectivity index (χ3v) is 3.86. The van der Waals surface area contributed by atoms with Crippen molar-refractivity contribution in [3.63, 3.8) is 0 Å². The molecule has 0 spiro atoms. The molecule has 0 saturated heterocycles. The van der Waals surface area contributed by atoms with Gasteiger partial charge in [-0.25, -0.2) is 4.99 Å². The molecular weight excluding hydrogens is 238 g/mol. The quantitative estimate of drug-likeness (QED) is 0.906. The fraction of sp³-hybridized carbons (Fsp3) is 0.533. The number of aromatic nitrogens is 1. The van der Waals surface area contributed by atoms with E-state index in [1.807, 2.05) is 39.1 Å². The number of hydrogen-bond donors (Lipinski definition) is 1. The Morgan fingerprint density at radius 2 is 1.89 bits per heavy atom. The van der Waals surface area contributed by atoms with Crippen LogP contribution < -0.4 is 5.32 Å². The van der Waals surface area contributed by atoms with Crippen LogP contribution in [0.3, 0.4) is 0 Å². The summed E-state index contributed by atoms with van der Waals surface area (Å²) in [4.78, 5) is 21.0. The molecule has 2 rings (SSSR count). The molecule has 2 heterocycles. The number of nitrogens with zero attached hydrogens (tertiary/aromatic N) is 2. The number of rotatable bonds is 3. The van der Waals surface area contributed by atoms with Crippen LogP contribution in [0.2, 0.25) is 0 Å². The van der Waals surface area contributed by atoms with Crippen LogP contribution in [0.4, 0.5) is 0 Å². The first-order valence-electron chi connectivity index (χ1n) is 6.72. The Labute approximate surface area is 114 Å². The highest BCUT2D eigenvalue weighted by Crippen LogP contribution is 2.26. The number of amidine groups is 1. The standard InChI is InChI=1S/C15H21N3O/c1-9(2)11-6-7-12(16-8-11)13-17-14(19)15(5,18-13)10(3)4/h6-10H,1-5H3,(H,17,18,19). The lowest BCUT2D eigenvalue weighted by Gasteiger charge is -2.21. The Bertz CT molecular complexity index is 517. The van der Waals surface area contributed by atoms with E-state index in [-0.39, 0.29) is 11.8 Å². The molecule has 0 saturated carbocycles. The zero-order valence-electron chi connectivity index (χ0n) is 12.2. The molecule has 1 amide bonds. The third kappa shape index (κ3) is 2.39. The number of amides is 1. The third-order valence-electron chi connectivity index (χ3n) is 3.86. The lowest BCUT2D eigenvalue weighted by molar-refractivity contribution is -0.124. The van der Waals surface area contributed by atoms with Crippen molar-refractivity contribution in [1.29, 1.82) is 0 Å². The van der Waals surface area contributed by atoms with Crippen LogP contribution in [0, 0.1) is 5.92 Å². The molecule has 1 aromatic rings. The normalized spacial score (nSPS) is 22.9. The maximum Gasteiger partial charge on any atom is 0.253 e. The summed E-state index contributed by atoms with van der Waals surface area (Å²) in [5, 5.41) is 2.84. The van der Waals surface area contributed by atoms with Gasteiger partial charge in [0.1, 0.15) is 11.2 Å². The van der Waals surface area contributed by atoms with E-state index in [2.05, 4.69) is 29.1 Å². The van der Waals surface area contributed by atoms with Gasteiger partial charge in [-0.05, 0) is 30.4 Å². The van der Waals surface area contributed by atoms with Gasteiger partial charge in [0, 0.05) is 6.20 Å². The van der Waals surface area contributed by atoms with Gasteiger partial charge in [0.15, 0.2) is 5.84 Å². The van der Waals surface area contributed by atoms with E-state index in [9.17, 15) is 4.79 Å². The summed E-state index contributed by atoms with van der Waals surface area (Å²) in [6.45, 7) is 10.1. The Balaban J connectivity index is 2.31. The van der Waals surface area contributed by atoms with E-state index in [0.29, 0.717) is 11.8 Å². The smallest absolute Gasteiger partial charge is 0.253 e. The molecule has 1 N–H and O–H groups in total. The minimum atomic E-state index is -0.687. The fourth-order valence-electron chi connectivity index (χ4n) is 1.94. The van der Waals surface area contributed by atoms with Gasteiger partial charge in [0.25, 0.3) is 5.91 Å². The van der Waals surface area contributed by atoms with Gasteiger partial charge in [-0.3, -0.25) is 9.78 Å². The predicted octanol–water partition coefficient (Wildman–Crippen LogP) is 2.50. The average molecular weight is 259 g/mol. The van der Waals surface area contributed by atoms with Crippen LogP contribution in [0.15, 0.2) is 23.3 Å². The van der Waals surface area contributed by atoms with E-state index < -0.39 is 5.54 Å². The first-order valence-corrected chi connectivity index (χ1v) is 6.72. The summed E-state index contributed by atoms with van der Waals surface area (Å²) in [6, 6.07) is 3.95. The van der Waals surface area contributed by atoms with Gasteiger partial charge in [0.2, 0.25) is 0 Å². The monoisotopic (exact) mass is 259 g/mol. The minimum absolute atomic E-state index is 0.0489. The van der Waals surface area contributed by atoms with Crippen molar-refractivity contribution in [1.82, 2.24) is 10.3 Å².